The minimum absolute atomic E-state index is 0.0486. The molecule has 1 aromatic carbocycles. The van der Waals surface area contributed by atoms with Crippen LogP contribution in [0.2, 0.25) is 0 Å². The van der Waals surface area contributed by atoms with Gasteiger partial charge in [-0.2, -0.15) is 10.1 Å². The highest BCUT2D eigenvalue weighted by Crippen LogP contribution is 2.20. The summed E-state index contributed by atoms with van der Waals surface area (Å²) in [6.45, 7) is 0. The summed E-state index contributed by atoms with van der Waals surface area (Å²) in [5, 5.41) is 5.71. The minimum Gasteiger partial charge on any atom is -0.272 e. The first kappa shape index (κ1) is 10.7. The van der Waals surface area contributed by atoms with E-state index < -0.39 is 0 Å². The largest absolute Gasteiger partial charge is 0.272 e. The summed E-state index contributed by atoms with van der Waals surface area (Å²) in [6.07, 6.45) is 1.97. The normalized spacial score (nSPS) is 14.8. The number of carbonyl (C=O) groups excluding carboxylic acids is 1. The van der Waals surface area contributed by atoms with Gasteiger partial charge in [0.2, 0.25) is 0 Å². The van der Waals surface area contributed by atoms with E-state index in [1.54, 1.807) is 12.3 Å². The average Bonchev–Trinajstić information content (AvgIpc) is 2.83. The van der Waals surface area contributed by atoms with Gasteiger partial charge >= 0.3 is 0 Å². The van der Waals surface area contributed by atoms with Crippen LogP contribution in [0.3, 0.4) is 0 Å². The first-order valence-electron chi connectivity index (χ1n) is 5.71. The zero-order valence-corrected chi connectivity index (χ0v) is 9.65. The Balaban J connectivity index is 1.95. The zero-order chi connectivity index (χ0) is 12.4. The van der Waals surface area contributed by atoms with E-state index >= 15 is 0 Å². The number of benzene rings is 1. The molecule has 4 nitrogen and oxygen atoms in total. The van der Waals surface area contributed by atoms with Gasteiger partial charge in [0.25, 0.3) is 5.91 Å². The number of carbonyl (C=O) groups is 1. The number of hydrogen-bond acceptors (Lipinski definition) is 3. The van der Waals surface area contributed by atoms with Gasteiger partial charge in [0.15, 0.2) is 5.82 Å². The highest BCUT2D eigenvalue weighted by molar-refractivity contribution is 6.18. The number of aromatic nitrogens is 1. The van der Waals surface area contributed by atoms with Crippen molar-refractivity contribution in [2.75, 3.05) is 5.01 Å². The molecular formula is C14H11N3O. The Kier molecular flexibility index (Phi) is 2.61. The van der Waals surface area contributed by atoms with Crippen LogP contribution in [0.15, 0.2) is 59.8 Å². The van der Waals surface area contributed by atoms with Crippen molar-refractivity contribution in [1.29, 1.82) is 0 Å². The molecule has 0 spiro atoms. The van der Waals surface area contributed by atoms with Crippen LogP contribution in [0, 0.1) is 0 Å². The van der Waals surface area contributed by atoms with Gasteiger partial charge in [-0.25, -0.2) is 4.98 Å². The van der Waals surface area contributed by atoms with Crippen LogP contribution in [-0.2, 0) is 4.79 Å². The van der Waals surface area contributed by atoms with Gasteiger partial charge in [0.1, 0.15) is 0 Å². The first-order chi connectivity index (χ1) is 8.84. The third kappa shape index (κ3) is 1.88. The molecule has 1 aromatic heterocycles. The number of hydrogen-bond donors (Lipinski definition) is 0. The number of pyridine rings is 1. The monoisotopic (exact) mass is 237 g/mol. The fraction of sp³-hybridized carbons (Fsp3) is 0.0714. The summed E-state index contributed by atoms with van der Waals surface area (Å²) in [6, 6.07) is 15.1. The molecule has 2 heterocycles. The molecule has 0 saturated heterocycles. The fourth-order valence-corrected chi connectivity index (χ4v) is 1.88. The average molecular weight is 237 g/mol. The van der Waals surface area contributed by atoms with Gasteiger partial charge in [0, 0.05) is 6.20 Å². The Morgan fingerprint density at radius 1 is 1.00 bits per heavy atom. The fourth-order valence-electron chi connectivity index (χ4n) is 1.88. The summed E-state index contributed by atoms with van der Waals surface area (Å²) in [4.78, 5) is 16.1. The van der Waals surface area contributed by atoms with Gasteiger partial charge in [-0.3, -0.25) is 4.79 Å². The molecule has 18 heavy (non-hydrogen) atoms. The Labute approximate surface area is 105 Å². The summed E-state index contributed by atoms with van der Waals surface area (Å²) < 4.78 is 0. The van der Waals surface area contributed by atoms with Crippen LogP contribution in [0.4, 0.5) is 5.82 Å². The summed E-state index contributed by atoms with van der Waals surface area (Å²) in [5.41, 5.74) is 1.76. The molecule has 88 valence electrons. The number of amides is 1. The van der Waals surface area contributed by atoms with Gasteiger partial charge in [0.05, 0.1) is 12.1 Å². The van der Waals surface area contributed by atoms with Crippen LogP contribution in [0.25, 0.3) is 0 Å². The lowest BCUT2D eigenvalue weighted by Gasteiger charge is -2.08. The SMILES string of the molecule is O=C1CC(c2ccccc2)=NN1c1ccccn1. The van der Waals surface area contributed by atoms with E-state index in [0.717, 1.165) is 11.3 Å². The molecule has 3 rings (SSSR count). The maximum atomic E-state index is 11.9. The molecular weight excluding hydrogens is 226 g/mol. The predicted molar refractivity (Wildman–Crippen MR) is 69.3 cm³/mol. The van der Waals surface area contributed by atoms with Crippen molar-refractivity contribution in [1.82, 2.24) is 4.98 Å². The summed E-state index contributed by atoms with van der Waals surface area (Å²) in [5.74, 6) is 0.515. The number of anilines is 1. The molecule has 0 fully saturated rings. The van der Waals surface area contributed by atoms with Crippen molar-refractivity contribution >= 4 is 17.4 Å². The Morgan fingerprint density at radius 3 is 2.50 bits per heavy atom. The van der Waals surface area contributed by atoms with Crippen molar-refractivity contribution in [3.8, 4) is 0 Å². The second kappa shape index (κ2) is 4.41. The van der Waals surface area contributed by atoms with Gasteiger partial charge in [-0.15, -0.1) is 0 Å². The maximum Gasteiger partial charge on any atom is 0.254 e. The predicted octanol–water partition coefficient (Wildman–Crippen LogP) is 2.22. The van der Waals surface area contributed by atoms with E-state index in [1.807, 2.05) is 42.5 Å². The second-order valence-electron chi connectivity index (χ2n) is 3.98. The maximum absolute atomic E-state index is 11.9. The molecule has 0 saturated carbocycles. The van der Waals surface area contributed by atoms with E-state index in [2.05, 4.69) is 10.1 Å². The third-order valence-corrected chi connectivity index (χ3v) is 2.75. The molecule has 0 bridgehead atoms. The van der Waals surface area contributed by atoms with E-state index in [0.29, 0.717) is 12.2 Å². The van der Waals surface area contributed by atoms with Gasteiger partial charge in [-0.05, 0) is 17.7 Å². The topological polar surface area (TPSA) is 45.6 Å². The lowest BCUT2D eigenvalue weighted by atomic mass is 10.1. The van der Waals surface area contributed by atoms with Crippen molar-refractivity contribution in [2.45, 2.75) is 6.42 Å². The molecule has 0 atom stereocenters. The molecule has 0 aliphatic carbocycles. The van der Waals surface area contributed by atoms with Crippen molar-refractivity contribution in [2.24, 2.45) is 5.10 Å². The quantitative estimate of drug-likeness (QED) is 0.804. The molecule has 4 heteroatoms. The molecule has 0 unspecified atom stereocenters. The molecule has 0 N–H and O–H groups in total. The Morgan fingerprint density at radius 2 is 1.78 bits per heavy atom. The number of nitrogens with zero attached hydrogens (tertiary/aromatic N) is 3. The van der Waals surface area contributed by atoms with E-state index in [4.69, 9.17) is 0 Å². The van der Waals surface area contributed by atoms with Crippen LogP contribution < -0.4 is 5.01 Å². The molecule has 2 aromatic rings. The van der Waals surface area contributed by atoms with Crippen LogP contribution in [0.5, 0.6) is 0 Å². The highest BCUT2D eigenvalue weighted by Gasteiger charge is 2.26. The Bertz CT molecular complexity index is 593. The van der Waals surface area contributed by atoms with Gasteiger partial charge in [-0.1, -0.05) is 36.4 Å². The van der Waals surface area contributed by atoms with Crippen LogP contribution >= 0.6 is 0 Å². The van der Waals surface area contributed by atoms with Crippen LogP contribution in [-0.4, -0.2) is 16.6 Å². The van der Waals surface area contributed by atoms with Crippen molar-refractivity contribution in [3.63, 3.8) is 0 Å². The van der Waals surface area contributed by atoms with E-state index in [1.165, 1.54) is 5.01 Å². The molecule has 1 aliphatic rings. The van der Waals surface area contributed by atoms with E-state index in [9.17, 15) is 4.79 Å². The molecule has 1 aliphatic heterocycles. The Hall–Kier alpha value is -2.49. The minimum atomic E-state index is -0.0486. The van der Waals surface area contributed by atoms with Gasteiger partial charge < -0.3 is 0 Å². The number of rotatable bonds is 2. The smallest absolute Gasteiger partial charge is 0.254 e. The van der Waals surface area contributed by atoms with Crippen molar-refractivity contribution < 1.29 is 4.79 Å². The standard InChI is InChI=1S/C14H11N3O/c18-14-10-12(11-6-2-1-3-7-11)16-17(14)13-8-4-5-9-15-13/h1-9H,10H2. The van der Waals surface area contributed by atoms with Crippen LogP contribution in [0.1, 0.15) is 12.0 Å². The summed E-state index contributed by atoms with van der Waals surface area (Å²) in [7, 11) is 0. The molecule has 1 amide bonds. The second-order valence-corrected chi connectivity index (χ2v) is 3.98. The number of hydrazone groups is 1. The lowest BCUT2D eigenvalue weighted by molar-refractivity contribution is -0.116. The highest BCUT2D eigenvalue weighted by atomic mass is 16.2. The summed E-state index contributed by atoms with van der Waals surface area (Å²) >= 11 is 0. The first-order valence-corrected chi connectivity index (χ1v) is 5.71. The lowest BCUT2D eigenvalue weighted by Crippen LogP contribution is -2.20. The molecule has 0 radical (unpaired) electrons. The zero-order valence-electron chi connectivity index (χ0n) is 9.65. The third-order valence-electron chi connectivity index (χ3n) is 2.75. The van der Waals surface area contributed by atoms with Crippen molar-refractivity contribution in [3.05, 3.63) is 60.3 Å². The van der Waals surface area contributed by atoms with E-state index in [-0.39, 0.29) is 5.91 Å².